The van der Waals surface area contributed by atoms with Crippen LogP contribution in [0.1, 0.15) is 21.5 Å². The maximum Gasteiger partial charge on any atom is 0.182 e. The van der Waals surface area contributed by atoms with Gasteiger partial charge in [0.1, 0.15) is 5.75 Å². The normalized spacial score (nSPS) is 12.3. The molecule has 4 heteroatoms. The van der Waals surface area contributed by atoms with Crippen LogP contribution in [-0.4, -0.2) is 30.6 Å². The van der Waals surface area contributed by atoms with Gasteiger partial charge in [0.15, 0.2) is 5.78 Å². The average Bonchev–Trinajstić information content (AvgIpc) is 2.30. The summed E-state index contributed by atoms with van der Waals surface area (Å²) in [6, 6.07) is 2.56. The zero-order valence-corrected chi connectivity index (χ0v) is 9.78. The first-order valence-corrected chi connectivity index (χ1v) is 5.07. The van der Waals surface area contributed by atoms with Crippen LogP contribution in [0.2, 0.25) is 0 Å². The number of carbonyl (C=O) groups excluding carboxylic acids is 1. The maximum atomic E-state index is 11.8. The molecule has 0 aliphatic heterocycles. The number of methoxy groups -OCH3 is 1. The van der Waals surface area contributed by atoms with Crippen molar-refractivity contribution < 1.29 is 14.6 Å². The molecule has 3 N–H and O–H groups in total. The van der Waals surface area contributed by atoms with Gasteiger partial charge in [-0.3, -0.25) is 4.79 Å². The second kappa shape index (κ2) is 5.09. The monoisotopic (exact) mass is 223 g/mol. The average molecular weight is 223 g/mol. The van der Waals surface area contributed by atoms with E-state index in [0.717, 1.165) is 16.9 Å². The Hall–Kier alpha value is -1.39. The third kappa shape index (κ3) is 2.23. The van der Waals surface area contributed by atoms with Crippen LogP contribution in [0.5, 0.6) is 5.75 Å². The summed E-state index contributed by atoms with van der Waals surface area (Å²) >= 11 is 0. The van der Waals surface area contributed by atoms with Gasteiger partial charge in [0.25, 0.3) is 0 Å². The topological polar surface area (TPSA) is 72.5 Å². The summed E-state index contributed by atoms with van der Waals surface area (Å²) in [6.45, 7) is 3.38. The molecule has 16 heavy (non-hydrogen) atoms. The van der Waals surface area contributed by atoms with Gasteiger partial charge in [0, 0.05) is 5.56 Å². The molecule has 88 valence electrons. The van der Waals surface area contributed by atoms with Gasteiger partial charge in [-0.25, -0.2) is 0 Å². The molecule has 0 saturated heterocycles. The van der Waals surface area contributed by atoms with E-state index in [2.05, 4.69) is 0 Å². The SMILES string of the molecule is COc1ccc(C(=O)C(N)CO)c(C)c1C. The molecule has 4 nitrogen and oxygen atoms in total. The molecule has 0 fully saturated rings. The lowest BCUT2D eigenvalue weighted by Crippen LogP contribution is -2.34. The number of aliphatic hydroxyl groups excluding tert-OH is 1. The van der Waals surface area contributed by atoms with Crippen molar-refractivity contribution >= 4 is 5.78 Å². The van der Waals surface area contributed by atoms with E-state index in [9.17, 15) is 4.79 Å². The van der Waals surface area contributed by atoms with Crippen LogP contribution < -0.4 is 10.5 Å². The van der Waals surface area contributed by atoms with Crippen LogP contribution in [0.3, 0.4) is 0 Å². The Kier molecular flexibility index (Phi) is 4.04. The molecule has 0 spiro atoms. The molecule has 0 aliphatic rings. The van der Waals surface area contributed by atoms with Gasteiger partial charge < -0.3 is 15.6 Å². The number of aliphatic hydroxyl groups is 1. The van der Waals surface area contributed by atoms with E-state index in [4.69, 9.17) is 15.6 Å². The zero-order valence-electron chi connectivity index (χ0n) is 9.78. The van der Waals surface area contributed by atoms with Crippen molar-refractivity contribution in [1.82, 2.24) is 0 Å². The molecule has 0 heterocycles. The van der Waals surface area contributed by atoms with Crippen molar-refractivity contribution in [3.63, 3.8) is 0 Å². The molecular formula is C12H17NO3. The number of rotatable bonds is 4. The summed E-state index contributed by atoms with van der Waals surface area (Å²) in [6.07, 6.45) is 0. The number of hydrogen-bond acceptors (Lipinski definition) is 4. The third-order valence-electron chi connectivity index (χ3n) is 2.76. The Morgan fingerprint density at radius 2 is 2.06 bits per heavy atom. The number of nitrogens with two attached hydrogens (primary N) is 1. The third-order valence-corrected chi connectivity index (χ3v) is 2.76. The van der Waals surface area contributed by atoms with E-state index < -0.39 is 6.04 Å². The highest BCUT2D eigenvalue weighted by Crippen LogP contribution is 2.24. The van der Waals surface area contributed by atoms with Crippen molar-refractivity contribution in [3.8, 4) is 5.75 Å². The van der Waals surface area contributed by atoms with Crippen LogP contribution in [0.15, 0.2) is 12.1 Å². The molecule has 1 aromatic carbocycles. The highest BCUT2D eigenvalue weighted by molar-refractivity contribution is 6.01. The lowest BCUT2D eigenvalue weighted by molar-refractivity contribution is 0.0924. The second-order valence-corrected chi connectivity index (χ2v) is 3.72. The van der Waals surface area contributed by atoms with Gasteiger partial charge in [0.05, 0.1) is 19.8 Å². The highest BCUT2D eigenvalue weighted by atomic mass is 16.5. The van der Waals surface area contributed by atoms with Gasteiger partial charge in [-0.15, -0.1) is 0 Å². The molecule has 0 saturated carbocycles. The summed E-state index contributed by atoms with van der Waals surface area (Å²) < 4.78 is 5.16. The molecule has 1 rings (SSSR count). The number of carbonyl (C=O) groups is 1. The van der Waals surface area contributed by atoms with E-state index in [-0.39, 0.29) is 12.4 Å². The van der Waals surface area contributed by atoms with Gasteiger partial charge in [-0.1, -0.05) is 0 Å². The molecule has 0 bridgehead atoms. The minimum atomic E-state index is -0.855. The van der Waals surface area contributed by atoms with Crippen molar-refractivity contribution in [1.29, 1.82) is 0 Å². The number of hydrogen-bond donors (Lipinski definition) is 2. The molecule has 1 unspecified atom stereocenters. The number of ether oxygens (including phenoxy) is 1. The van der Waals surface area contributed by atoms with Crippen molar-refractivity contribution in [2.45, 2.75) is 19.9 Å². The summed E-state index contributed by atoms with van der Waals surface area (Å²) in [5.41, 5.74) is 7.81. The molecule has 0 aromatic heterocycles. The fourth-order valence-electron chi connectivity index (χ4n) is 1.57. The van der Waals surface area contributed by atoms with Crippen molar-refractivity contribution in [2.75, 3.05) is 13.7 Å². The standard InChI is InChI=1S/C12H17NO3/c1-7-8(2)11(16-3)5-4-9(7)12(15)10(13)6-14/h4-5,10,14H,6,13H2,1-3H3. The first-order valence-electron chi connectivity index (χ1n) is 5.07. The molecule has 0 aliphatic carbocycles. The van der Waals surface area contributed by atoms with Crippen LogP contribution in [-0.2, 0) is 0 Å². The minimum absolute atomic E-state index is 0.245. The van der Waals surface area contributed by atoms with E-state index in [0.29, 0.717) is 5.56 Å². The summed E-state index contributed by atoms with van der Waals surface area (Å²) in [4.78, 5) is 11.8. The first kappa shape index (κ1) is 12.7. The summed E-state index contributed by atoms with van der Waals surface area (Å²) in [5.74, 6) is 0.498. The molecule has 1 atom stereocenters. The van der Waals surface area contributed by atoms with Gasteiger partial charge in [-0.05, 0) is 37.1 Å². The van der Waals surface area contributed by atoms with Gasteiger partial charge >= 0.3 is 0 Å². The van der Waals surface area contributed by atoms with E-state index >= 15 is 0 Å². The van der Waals surface area contributed by atoms with E-state index in [1.165, 1.54) is 0 Å². The van der Waals surface area contributed by atoms with Crippen LogP contribution in [0.4, 0.5) is 0 Å². The van der Waals surface area contributed by atoms with E-state index in [1.54, 1.807) is 19.2 Å². The Bertz CT molecular complexity index is 401. The molecule has 0 radical (unpaired) electrons. The van der Waals surface area contributed by atoms with Crippen molar-refractivity contribution in [2.24, 2.45) is 5.73 Å². The van der Waals surface area contributed by atoms with Crippen molar-refractivity contribution in [3.05, 3.63) is 28.8 Å². The fourth-order valence-corrected chi connectivity index (χ4v) is 1.57. The Morgan fingerprint density at radius 1 is 1.44 bits per heavy atom. The predicted octanol–water partition coefficient (Wildman–Crippen LogP) is 0.814. The second-order valence-electron chi connectivity index (χ2n) is 3.72. The van der Waals surface area contributed by atoms with E-state index in [1.807, 2.05) is 13.8 Å². The zero-order chi connectivity index (χ0) is 12.3. The van der Waals surface area contributed by atoms with Gasteiger partial charge in [-0.2, -0.15) is 0 Å². The quantitative estimate of drug-likeness (QED) is 0.741. The van der Waals surface area contributed by atoms with Crippen LogP contribution in [0, 0.1) is 13.8 Å². The minimum Gasteiger partial charge on any atom is -0.496 e. The maximum absolute atomic E-state index is 11.8. The lowest BCUT2D eigenvalue weighted by Gasteiger charge is -2.14. The highest BCUT2D eigenvalue weighted by Gasteiger charge is 2.18. The first-order chi connectivity index (χ1) is 7.52. The molecule has 0 amide bonds. The molecular weight excluding hydrogens is 206 g/mol. The predicted molar refractivity (Wildman–Crippen MR) is 61.9 cm³/mol. The summed E-state index contributed by atoms with van der Waals surface area (Å²) in [5, 5.41) is 8.86. The lowest BCUT2D eigenvalue weighted by atomic mass is 9.96. The number of ketones is 1. The Labute approximate surface area is 95.0 Å². The number of Topliss-reactive ketones (excluding diaryl/α,β-unsaturated/α-hetero) is 1. The Balaban J connectivity index is 3.17. The largest absolute Gasteiger partial charge is 0.496 e. The van der Waals surface area contributed by atoms with Crippen LogP contribution in [0.25, 0.3) is 0 Å². The number of benzene rings is 1. The fraction of sp³-hybridized carbons (Fsp3) is 0.417. The summed E-state index contributed by atoms with van der Waals surface area (Å²) in [7, 11) is 1.59. The smallest absolute Gasteiger partial charge is 0.182 e. The van der Waals surface area contributed by atoms with Crippen LogP contribution >= 0.6 is 0 Å². The molecule has 1 aromatic rings. The Morgan fingerprint density at radius 3 is 2.56 bits per heavy atom. The van der Waals surface area contributed by atoms with Gasteiger partial charge in [0.2, 0.25) is 0 Å².